The normalized spacial score (nSPS) is 18.1. The van der Waals surface area contributed by atoms with E-state index in [0.717, 1.165) is 60.6 Å². The van der Waals surface area contributed by atoms with Crippen molar-refractivity contribution in [3.63, 3.8) is 0 Å². The van der Waals surface area contributed by atoms with Crippen molar-refractivity contribution < 1.29 is 9.47 Å². The average molecular weight is 464 g/mol. The van der Waals surface area contributed by atoms with Gasteiger partial charge in [-0.2, -0.15) is 4.98 Å². The van der Waals surface area contributed by atoms with Gasteiger partial charge in [-0.3, -0.25) is 0 Å². The maximum absolute atomic E-state index is 5.84. The molecule has 1 saturated carbocycles. The van der Waals surface area contributed by atoms with Crippen LogP contribution in [0, 0.1) is 0 Å². The number of rotatable bonds is 10. The van der Waals surface area contributed by atoms with Crippen molar-refractivity contribution in [2.24, 2.45) is 0 Å². The Morgan fingerprint density at radius 1 is 1.00 bits per heavy atom. The fraction of sp³-hybridized carbons (Fsp3) is 0.481. The number of methoxy groups -OCH3 is 1. The van der Waals surface area contributed by atoms with E-state index in [1.807, 2.05) is 44.1 Å². The molecule has 182 valence electrons. The Bertz CT molecular complexity index is 1080. The van der Waals surface area contributed by atoms with E-state index in [1.54, 1.807) is 7.11 Å². The zero-order chi connectivity index (χ0) is 23.9. The molecule has 1 fully saturated rings. The first kappa shape index (κ1) is 24.2. The number of benzene rings is 2. The molecular formula is C27H37N5O2. The topological polar surface area (TPSA) is 71.5 Å². The maximum Gasteiger partial charge on any atom is 0.225 e. The van der Waals surface area contributed by atoms with Crippen LogP contribution in [-0.4, -0.2) is 49.9 Å². The lowest BCUT2D eigenvalue weighted by Crippen LogP contribution is -2.37. The van der Waals surface area contributed by atoms with Gasteiger partial charge >= 0.3 is 0 Å². The second-order valence-electron chi connectivity index (χ2n) is 9.16. The van der Waals surface area contributed by atoms with E-state index in [9.17, 15) is 0 Å². The summed E-state index contributed by atoms with van der Waals surface area (Å²) in [6.45, 7) is 4.10. The van der Waals surface area contributed by atoms with E-state index in [-0.39, 0.29) is 0 Å². The van der Waals surface area contributed by atoms with E-state index >= 15 is 0 Å². The third-order valence-corrected chi connectivity index (χ3v) is 6.38. The highest BCUT2D eigenvalue weighted by Gasteiger charge is 2.22. The fourth-order valence-electron chi connectivity index (χ4n) is 4.67. The Morgan fingerprint density at radius 2 is 1.76 bits per heavy atom. The van der Waals surface area contributed by atoms with Crippen LogP contribution in [0.15, 0.2) is 42.5 Å². The van der Waals surface area contributed by atoms with Gasteiger partial charge in [0.15, 0.2) is 0 Å². The highest BCUT2D eigenvalue weighted by Crippen LogP contribution is 2.27. The minimum absolute atomic E-state index is 0.387. The number of aromatic nitrogens is 2. The molecule has 0 bridgehead atoms. The largest absolute Gasteiger partial charge is 0.494 e. The van der Waals surface area contributed by atoms with Crippen molar-refractivity contribution in [2.45, 2.75) is 57.8 Å². The summed E-state index contributed by atoms with van der Waals surface area (Å²) in [6.07, 6.45) is 4.42. The van der Waals surface area contributed by atoms with Gasteiger partial charge in [0.05, 0.1) is 18.7 Å². The standard InChI is InChI=1S/C27H37N5O2/c1-5-34-25-15-10-19(18-33-4)16-20(25)17-28-21-11-13-22(14-12-21)29-27-30-24-9-7-6-8-23(24)26(31-27)32(2)3/h6-10,15-16,21-22,28H,5,11-14,17-18H2,1-4H3,(H,29,30,31). The van der Waals surface area contributed by atoms with Gasteiger partial charge in [-0.05, 0) is 62.4 Å². The second kappa shape index (κ2) is 11.5. The minimum atomic E-state index is 0.387. The van der Waals surface area contributed by atoms with Gasteiger partial charge in [-0.1, -0.05) is 18.2 Å². The van der Waals surface area contributed by atoms with Crippen molar-refractivity contribution in [1.82, 2.24) is 15.3 Å². The molecule has 1 aliphatic carbocycles. The van der Waals surface area contributed by atoms with Crippen LogP contribution in [0.1, 0.15) is 43.7 Å². The summed E-state index contributed by atoms with van der Waals surface area (Å²) in [7, 11) is 5.78. The lowest BCUT2D eigenvalue weighted by molar-refractivity contribution is 0.184. The molecule has 2 N–H and O–H groups in total. The Kier molecular flexibility index (Phi) is 8.19. The Labute approximate surface area is 202 Å². The van der Waals surface area contributed by atoms with E-state index in [0.29, 0.717) is 25.3 Å². The summed E-state index contributed by atoms with van der Waals surface area (Å²) < 4.78 is 11.1. The molecule has 4 rings (SSSR count). The van der Waals surface area contributed by atoms with Gasteiger partial charge in [0.1, 0.15) is 11.6 Å². The summed E-state index contributed by atoms with van der Waals surface area (Å²) in [5.41, 5.74) is 3.33. The lowest BCUT2D eigenvalue weighted by Gasteiger charge is -2.30. The summed E-state index contributed by atoms with van der Waals surface area (Å²) in [6, 6.07) is 15.4. The van der Waals surface area contributed by atoms with Crippen LogP contribution >= 0.6 is 0 Å². The SMILES string of the molecule is CCOc1ccc(COC)cc1CNC1CCC(Nc2nc(N(C)C)c3ccccc3n2)CC1. The zero-order valence-electron chi connectivity index (χ0n) is 20.8. The molecule has 7 heteroatoms. The van der Waals surface area contributed by atoms with E-state index < -0.39 is 0 Å². The molecule has 0 radical (unpaired) electrons. The highest BCUT2D eigenvalue weighted by atomic mass is 16.5. The number of ether oxygens (including phenoxy) is 2. The number of para-hydroxylation sites is 1. The lowest BCUT2D eigenvalue weighted by atomic mass is 9.91. The maximum atomic E-state index is 5.84. The number of fused-ring (bicyclic) bond motifs is 1. The molecule has 2 aromatic carbocycles. The summed E-state index contributed by atoms with van der Waals surface area (Å²) >= 11 is 0. The van der Waals surface area contributed by atoms with Crippen molar-refractivity contribution in [2.75, 3.05) is 38.0 Å². The van der Waals surface area contributed by atoms with Crippen LogP contribution in [0.5, 0.6) is 5.75 Å². The van der Waals surface area contributed by atoms with Gasteiger partial charge < -0.3 is 25.0 Å². The van der Waals surface area contributed by atoms with Crippen molar-refractivity contribution >= 4 is 22.7 Å². The summed E-state index contributed by atoms with van der Waals surface area (Å²) in [5.74, 6) is 2.62. The molecule has 1 aromatic heterocycles. The van der Waals surface area contributed by atoms with Crippen LogP contribution in [0.2, 0.25) is 0 Å². The van der Waals surface area contributed by atoms with Crippen LogP contribution in [0.4, 0.5) is 11.8 Å². The quantitative estimate of drug-likeness (QED) is 0.449. The molecule has 0 spiro atoms. The molecule has 3 aromatic rings. The number of anilines is 2. The molecule has 7 nitrogen and oxygen atoms in total. The molecule has 0 amide bonds. The van der Waals surface area contributed by atoms with Crippen LogP contribution in [0.3, 0.4) is 0 Å². The van der Waals surface area contributed by atoms with Gasteiger partial charge in [0.2, 0.25) is 5.95 Å². The molecule has 0 saturated heterocycles. The van der Waals surface area contributed by atoms with Gasteiger partial charge in [0, 0.05) is 50.8 Å². The van der Waals surface area contributed by atoms with E-state index in [1.165, 1.54) is 11.1 Å². The molecular weight excluding hydrogens is 426 g/mol. The Hall–Kier alpha value is -2.90. The number of hydrogen-bond acceptors (Lipinski definition) is 7. The first-order valence-electron chi connectivity index (χ1n) is 12.2. The summed E-state index contributed by atoms with van der Waals surface area (Å²) in [5, 5.41) is 8.43. The van der Waals surface area contributed by atoms with Crippen molar-refractivity contribution in [1.29, 1.82) is 0 Å². The van der Waals surface area contributed by atoms with Gasteiger partial charge in [0.25, 0.3) is 0 Å². The Morgan fingerprint density at radius 3 is 2.50 bits per heavy atom. The van der Waals surface area contributed by atoms with Crippen LogP contribution < -0.4 is 20.3 Å². The van der Waals surface area contributed by atoms with Crippen LogP contribution in [0.25, 0.3) is 10.9 Å². The van der Waals surface area contributed by atoms with Gasteiger partial charge in [-0.15, -0.1) is 0 Å². The van der Waals surface area contributed by atoms with Crippen LogP contribution in [-0.2, 0) is 17.9 Å². The molecule has 34 heavy (non-hydrogen) atoms. The third-order valence-electron chi connectivity index (χ3n) is 6.38. The molecule has 1 heterocycles. The number of nitrogens with zero attached hydrogens (tertiary/aromatic N) is 3. The van der Waals surface area contributed by atoms with Crippen molar-refractivity contribution in [3.8, 4) is 5.75 Å². The molecule has 0 unspecified atom stereocenters. The van der Waals surface area contributed by atoms with Crippen molar-refractivity contribution in [3.05, 3.63) is 53.6 Å². The first-order chi connectivity index (χ1) is 16.6. The highest BCUT2D eigenvalue weighted by molar-refractivity contribution is 5.90. The monoisotopic (exact) mass is 463 g/mol. The fourth-order valence-corrected chi connectivity index (χ4v) is 4.67. The van der Waals surface area contributed by atoms with E-state index in [4.69, 9.17) is 19.4 Å². The predicted molar refractivity (Wildman–Crippen MR) is 139 cm³/mol. The second-order valence-corrected chi connectivity index (χ2v) is 9.16. The first-order valence-corrected chi connectivity index (χ1v) is 12.2. The third kappa shape index (κ3) is 5.96. The molecule has 1 aliphatic rings. The molecule has 0 aliphatic heterocycles. The number of hydrogen-bond donors (Lipinski definition) is 2. The molecule has 0 atom stereocenters. The predicted octanol–water partition coefficient (Wildman–Crippen LogP) is 4.75. The van der Waals surface area contributed by atoms with E-state index in [2.05, 4.69) is 34.9 Å². The summed E-state index contributed by atoms with van der Waals surface area (Å²) in [4.78, 5) is 11.6. The smallest absolute Gasteiger partial charge is 0.225 e. The minimum Gasteiger partial charge on any atom is -0.494 e. The van der Waals surface area contributed by atoms with Gasteiger partial charge in [-0.25, -0.2) is 4.98 Å². The zero-order valence-corrected chi connectivity index (χ0v) is 20.8. The average Bonchev–Trinajstić information content (AvgIpc) is 2.84. The number of nitrogens with one attached hydrogen (secondary N) is 2. The Balaban J connectivity index is 1.34.